The van der Waals surface area contributed by atoms with E-state index in [1.807, 2.05) is 0 Å². The van der Waals surface area contributed by atoms with Crippen molar-refractivity contribution in [3.8, 4) is 5.75 Å². The number of urea groups is 1. The van der Waals surface area contributed by atoms with E-state index in [9.17, 15) is 9.59 Å². The molecule has 6 nitrogen and oxygen atoms in total. The van der Waals surface area contributed by atoms with Crippen LogP contribution >= 0.6 is 23.2 Å². The topological polar surface area (TPSA) is 76.7 Å². The Balaban J connectivity index is 2.40. The third-order valence-corrected chi connectivity index (χ3v) is 3.12. The summed E-state index contributed by atoms with van der Waals surface area (Å²) in [5, 5.41) is 5.19. The zero-order valence-corrected chi connectivity index (χ0v) is 13.1. The van der Waals surface area contributed by atoms with Crippen LogP contribution in [0.25, 0.3) is 0 Å². The van der Waals surface area contributed by atoms with Crippen LogP contribution in [0.2, 0.25) is 10.0 Å². The van der Waals surface area contributed by atoms with E-state index < -0.39 is 11.9 Å². The van der Waals surface area contributed by atoms with Gasteiger partial charge in [0.15, 0.2) is 6.61 Å². The van der Waals surface area contributed by atoms with Crippen molar-refractivity contribution in [1.29, 1.82) is 0 Å². The van der Waals surface area contributed by atoms with Crippen LogP contribution in [0.15, 0.2) is 18.2 Å². The van der Waals surface area contributed by atoms with Crippen LogP contribution in [-0.4, -0.2) is 38.3 Å². The van der Waals surface area contributed by atoms with Crippen LogP contribution in [0, 0.1) is 0 Å². The monoisotopic (exact) mass is 334 g/mol. The maximum Gasteiger partial charge on any atom is 0.321 e. The van der Waals surface area contributed by atoms with E-state index in [-0.39, 0.29) is 23.4 Å². The maximum atomic E-state index is 11.6. The number of hydrogen-bond acceptors (Lipinski definition) is 4. The minimum absolute atomic E-state index is 0.213. The standard InChI is InChI=1S/C13H16Cl2N2O4/c1-8(6-20-2)16-13(19)17-11(18)7-21-10-5-3-4-9(14)12(10)15/h3-5,8H,6-7H2,1-2H3,(H2,16,17,18,19). The van der Waals surface area contributed by atoms with Crippen molar-refractivity contribution in [1.82, 2.24) is 10.6 Å². The maximum absolute atomic E-state index is 11.6. The van der Waals surface area contributed by atoms with E-state index in [2.05, 4.69) is 10.6 Å². The van der Waals surface area contributed by atoms with E-state index in [4.69, 9.17) is 32.7 Å². The van der Waals surface area contributed by atoms with Gasteiger partial charge < -0.3 is 14.8 Å². The Bertz CT molecular complexity index is 511. The van der Waals surface area contributed by atoms with Crippen LogP contribution < -0.4 is 15.4 Å². The molecule has 1 aromatic rings. The molecule has 21 heavy (non-hydrogen) atoms. The summed E-state index contributed by atoms with van der Waals surface area (Å²) in [6, 6.07) is 3.97. The summed E-state index contributed by atoms with van der Waals surface area (Å²) in [4.78, 5) is 23.0. The molecule has 0 aliphatic carbocycles. The number of imide groups is 1. The lowest BCUT2D eigenvalue weighted by atomic mass is 10.3. The average Bonchev–Trinajstić information content (AvgIpc) is 2.40. The fourth-order valence-corrected chi connectivity index (χ4v) is 1.80. The molecule has 0 saturated heterocycles. The van der Waals surface area contributed by atoms with Crippen molar-refractivity contribution >= 4 is 35.1 Å². The molecule has 8 heteroatoms. The second-order valence-corrected chi connectivity index (χ2v) is 5.00. The Labute approximate surface area is 132 Å². The Morgan fingerprint density at radius 2 is 2.05 bits per heavy atom. The highest BCUT2D eigenvalue weighted by Crippen LogP contribution is 2.31. The fraction of sp³-hybridized carbons (Fsp3) is 0.385. The average molecular weight is 335 g/mol. The van der Waals surface area contributed by atoms with Crippen molar-refractivity contribution in [3.05, 3.63) is 28.2 Å². The van der Waals surface area contributed by atoms with Gasteiger partial charge in [-0.05, 0) is 19.1 Å². The van der Waals surface area contributed by atoms with Crippen LogP contribution in [0.1, 0.15) is 6.92 Å². The Hall–Kier alpha value is -1.50. The third kappa shape index (κ3) is 6.20. The molecule has 0 aliphatic heterocycles. The number of amides is 3. The lowest BCUT2D eigenvalue weighted by Crippen LogP contribution is -2.46. The third-order valence-electron chi connectivity index (χ3n) is 2.32. The van der Waals surface area contributed by atoms with Gasteiger partial charge in [-0.3, -0.25) is 10.1 Å². The normalized spacial score (nSPS) is 11.6. The SMILES string of the molecule is COCC(C)NC(=O)NC(=O)COc1cccc(Cl)c1Cl. The summed E-state index contributed by atoms with van der Waals surface area (Å²) in [6.07, 6.45) is 0. The molecule has 0 bridgehead atoms. The Morgan fingerprint density at radius 3 is 2.71 bits per heavy atom. The Morgan fingerprint density at radius 1 is 1.33 bits per heavy atom. The van der Waals surface area contributed by atoms with E-state index in [1.165, 1.54) is 7.11 Å². The predicted molar refractivity (Wildman–Crippen MR) is 80.0 cm³/mol. The predicted octanol–water partition coefficient (Wildman–Crippen LogP) is 2.23. The van der Waals surface area contributed by atoms with Crippen molar-refractivity contribution in [2.24, 2.45) is 0 Å². The number of benzene rings is 1. The zero-order chi connectivity index (χ0) is 15.8. The minimum atomic E-state index is -0.620. The minimum Gasteiger partial charge on any atom is -0.482 e. The first-order chi connectivity index (χ1) is 9.93. The molecule has 1 aromatic carbocycles. The van der Waals surface area contributed by atoms with Crippen LogP contribution in [0.5, 0.6) is 5.75 Å². The summed E-state index contributed by atoms with van der Waals surface area (Å²) >= 11 is 11.7. The summed E-state index contributed by atoms with van der Waals surface area (Å²) in [7, 11) is 1.52. The van der Waals surface area contributed by atoms with Gasteiger partial charge in [0.25, 0.3) is 5.91 Å². The number of carbonyl (C=O) groups excluding carboxylic acids is 2. The number of ether oxygens (including phenoxy) is 2. The second-order valence-electron chi connectivity index (χ2n) is 4.22. The number of rotatable bonds is 6. The van der Waals surface area contributed by atoms with Gasteiger partial charge in [-0.2, -0.15) is 0 Å². The Kier molecular flexibility index (Phi) is 7.28. The highest BCUT2D eigenvalue weighted by atomic mass is 35.5. The molecule has 2 N–H and O–H groups in total. The number of carbonyl (C=O) groups is 2. The first-order valence-corrected chi connectivity index (χ1v) is 6.85. The number of nitrogens with one attached hydrogen (secondary N) is 2. The fourth-order valence-electron chi connectivity index (χ4n) is 1.45. The first kappa shape index (κ1) is 17.6. The number of hydrogen-bond donors (Lipinski definition) is 2. The van der Waals surface area contributed by atoms with E-state index in [0.717, 1.165) is 0 Å². The molecule has 1 atom stereocenters. The quantitative estimate of drug-likeness (QED) is 0.836. The van der Waals surface area contributed by atoms with E-state index >= 15 is 0 Å². The van der Waals surface area contributed by atoms with Crippen molar-refractivity contribution in [3.63, 3.8) is 0 Å². The highest BCUT2D eigenvalue weighted by molar-refractivity contribution is 6.42. The lowest BCUT2D eigenvalue weighted by Gasteiger charge is -2.13. The van der Waals surface area contributed by atoms with Crippen molar-refractivity contribution in [2.75, 3.05) is 20.3 Å². The van der Waals surface area contributed by atoms with Gasteiger partial charge in [0.1, 0.15) is 10.8 Å². The van der Waals surface area contributed by atoms with Crippen LogP contribution in [0.4, 0.5) is 4.79 Å². The number of halogens is 2. The number of methoxy groups -OCH3 is 1. The highest BCUT2D eigenvalue weighted by Gasteiger charge is 2.12. The lowest BCUT2D eigenvalue weighted by molar-refractivity contribution is -0.122. The summed E-state index contributed by atoms with van der Waals surface area (Å²) < 4.78 is 10.1. The van der Waals surface area contributed by atoms with Crippen molar-refractivity contribution in [2.45, 2.75) is 13.0 Å². The molecule has 0 heterocycles. The molecule has 0 saturated carbocycles. The van der Waals surface area contributed by atoms with Gasteiger partial charge in [-0.15, -0.1) is 0 Å². The molecule has 116 valence electrons. The van der Waals surface area contributed by atoms with E-state index in [1.54, 1.807) is 25.1 Å². The second kappa shape index (κ2) is 8.71. The van der Waals surface area contributed by atoms with Gasteiger partial charge in [0, 0.05) is 7.11 Å². The van der Waals surface area contributed by atoms with Gasteiger partial charge >= 0.3 is 6.03 Å². The molecule has 0 aliphatic rings. The van der Waals surface area contributed by atoms with Gasteiger partial charge in [-0.25, -0.2) is 4.79 Å². The smallest absolute Gasteiger partial charge is 0.321 e. The molecule has 1 rings (SSSR count). The van der Waals surface area contributed by atoms with Crippen LogP contribution in [0.3, 0.4) is 0 Å². The zero-order valence-electron chi connectivity index (χ0n) is 11.6. The molecule has 0 fully saturated rings. The van der Waals surface area contributed by atoms with Gasteiger partial charge in [0.05, 0.1) is 17.7 Å². The summed E-state index contributed by atoms with van der Waals surface area (Å²) in [5.74, 6) is -0.333. The summed E-state index contributed by atoms with van der Waals surface area (Å²) in [5.41, 5.74) is 0. The largest absolute Gasteiger partial charge is 0.482 e. The van der Waals surface area contributed by atoms with Gasteiger partial charge in [0.2, 0.25) is 0 Å². The summed E-state index contributed by atoms with van der Waals surface area (Å²) in [6.45, 7) is 1.73. The van der Waals surface area contributed by atoms with E-state index in [0.29, 0.717) is 11.6 Å². The van der Waals surface area contributed by atoms with Crippen LogP contribution in [-0.2, 0) is 9.53 Å². The molecule has 3 amide bonds. The van der Waals surface area contributed by atoms with Crippen molar-refractivity contribution < 1.29 is 19.1 Å². The molecule has 0 spiro atoms. The molecule has 0 aromatic heterocycles. The molecular formula is C13H16Cl2N2O4. The van der Waals surface area contributed by atoms with Gasteiger partial charge in [-0.1, -0.05) is 29.3 Å². The first-order valence-electron chi connectivity index (χ1n) is 6.10. The molecule has 1 unspecified atom stereocenters. The molecule has 0 radical (unpaired) electrons. The molecular weight excluding hydrogens is 319 g/mol.